The van der Waals surface area contributed by atoms with Crippen LogP contribution in [0.2, 0.25) is 10.0 Å². The van der Waals surface area contributed by atoms with Gasteiger partial charge in [0.1, 0.15) is 11.6 Å². The molecule has 0 aliphatic carbocycles. The number of halogens is 3. The van der Waals surface area contributed by atoms with E-state index in [1.807, 2.05) is 30.3 Å². The van der Waals surface area contributed by atoms with Crippen molar-refractivity contribution in [1.29, 1.82) is 0 Å². The summed E-state index contributed by atoms with van der Waals surface area (Å²) in [6.45, 7) is 0.492. The number of nitrogen functional groups attached to an aromatic ring is 1. The first-order valence-electron chi connectivity index (χ1n) is 10.1. The fourth-order valence-corrected chi connectivity index (χ4v) is 3.82. The Kier molecular flexibility index (Phi) is 5.58. The molecule has 0 atom stereocenters. The molecule has 5 aromatic rings. The maximum absolute atomic E-state index is 14.8. The van der Waals surface area contributed by atoms with Crippen LogP contribution in [0.4, 0.5) is 16.2 Å². The first kappa shape index (κ1) is 21.2. The quantitative estimate of drug-likeness (QED) is 0.317. The fourth-order valence-electron chi connectivity index (χ4n) is 3.53. The summed E-state index contributed by atoms with van der Waals surface area (Å²) in [6.07, 6.45) is 0. The van der Waals surface area contributed by atoms with Gasteiger partial charge in [-0.1, -0.05) is 65.7 Å². The standard InChI is InChI=1S/C24H17Cl2FN6/c25-17-11-10-15(12-18(17)26)33-22(28)20-21(16-8-4-5-9-19(16)27)30-24(31-23(20)32-33)29-13-14-6-2-1-3-7-14/h1-12H,13,28H2,(H,29,31,32). The van der Waals surface area contributed by atoms with Crippen molar-refractivity contribution in [2.75, 3.05) is 11.1 Å². The predicted molar refractivity (Wildman–Crippen MR) is 130 cm³/mol. The predicted octanol–water partition coefficient (Wildman–Crippen LogP) is 6.12. The molecule has 9 heteroatoms. The highest BCUT2D eigenvalue weighted by Crippen LogP contribution is 2.35. The minimum absolute atomic E-state index is 0.260. The summed E-state index contributed by atoms with van der Waals surface area (Å²) in [5.74, 6) is 0.146. The van der Waals surface area contributed by atoms with Gasteiger partial charge in [0.05, 0.1) is 26.8 Å². The third-order valence-corrected chi connectivity index (χ3v) is 5.88. The van der Waals surface area contributed by atoms with Gasteiger partial charge in [-0.3, -0.25) is 0 Å². The van der Waals surface area contributed by atoms with Crippen molar-refractivity contribution in [3.63, 3.8) is 0 Å². The summed E-state index contributed by atoms with van der Waals surface area (Å²) in [5, 5.41) is 8.97. The minimum atomic E-state index is -0.423. The van der Waals surface area contributed by atoms with Crippen molar-refractivity contribution >= 4 is 46.0 Å². The summed E-state index contributed by atoms with van der Waals surface area (Å²) < 4.78 is 16.3. The number of hydrogen-bond acceptors (Lipinski definition) is 5. The molecule has 0 unspecified atom stereocenters. The number of aromatic nitrogens is 4. The zero-order chi connectivity index (χ0) is 22.9. The molecule has 6 nitrogen and oxygen atoms in total. The molecule has 0 aliphatic rings. The Morgan fingerprint density at radius 3 is 2.42 bits per heavy atom. The van der Waals surface area contributed by atoms with E-state index in [1.165, 1.54) is 10.7 Å². The molecule has 0 saturated carbocycles. The number of anilines is 2. The maximum atomic E-state index is 14.8. The second-order valence-electron chi connectivity index (χ2n) is 7.31. The molecule has 3 N–H and O–H groups in total. The van der Waals surface area contributed by atoms with Crippen molar-refractivity contribution in [3.05, 3.63) is 94.2 Å². The normalized spacial score (nSPS) is 11.1. The Balaban J connectivity index is 1.67. The van der Waals surface area contributed by atoms with E-state index in [9.17, 15) is 4.39 Å². The van der Waals surface area contributed by atoms with Gasteiger partial charge in [0.25, 0.3) is 0 Å². The van der Waals surface area contributed by atoms with Gasteiger partial charge in [-0.25, -0.2) is 14.1 Å². The van der Waals surface area contributed by atoms with Crippen molar-refractivity contribution < 1.29 is 4.39 Å². The first-order chi connectivity index (χ1) is 16.0. The van der Waals surface area contributed by atoms with Crippen LogP contribution >= 0.6 is 23.2 Å². The van der Waals surface area contributed by atoms with Crippen molar-refractivity contribution in [2.24, 2.45) is 0 Å². The highest BCUT2D eigenvalue weighted by atomic mass is 35.5. The van der Waals surface area contributed by atoms with E-state index in [1.54, 1.807) is 36.4 Å². The first-order valence-corrected chi connectivity index (χ1v) is 10.8. The molecule has 0 amide bonds. The molecule has 0 saturated heterocycles. The van der Waals surface area contributed by atoms with Gasteiger partial charge in [0, 0.05) is 12.1 Å². The number of nitrogens with one attached hydrogen (secondary N) is 1. The molecule has 2 aromatic heterocycles. The summed E-state index contributed by atoms with van der Waals surface area (Å²) in [5.41, 5.74) is 9.08. The fraction of sp³-hybridized carbons (Fsp3) is 0.0417. The van der Waals surface area contributed by atoms with E-state index >= 15 is 0 Å². The lowest BCUT2D eigenvalue weighted by Gasteiger charge is -2.09. The van der Waals surface area contributed by atoms with Gasteiger partial charge in [0.15, 0.2) is 5.65 Å². The van der Waals surface area contributed by atoms with Crippen molar-refractivity contribution in [3.8, 4) is 16.9 Å². The molecule has 0 aliphatic heterocycles. The Morgan fingerprint density at radius 1 is 0.909 bits per heavy atom. The van der Waals surface area contributed by atoms with Crippen LogP contribution in [0, 0.1) is 5.82 Å². The van der Waals surface area contributed by atoms with Crippen molar-refractivity contribution in [1.82, 2.24) is 19.7 Å². The number of fused-ring (bicyclic) bond motifs is 1. The van der Waals surface area contributed by atoms with E-state index in [4.69, 9.17) is 28.9 Å². The Bertz CT molecular complexity index is 1470. The van der Waals surface area contributed by atoms with Crippen LogP contribution in [-0.4, -0.2) is 19.7 Å². The number of rotatable bonds is 5. The Hall–Kier alpha value is -3.68. The summed E-state index contributed by atoms with van der Waals surface area (Å²) in [7, 11) is 0. The Labute approximate surface area is 198 Å². The van der Waals surface area contributed by atoms with E-state index < -0.39 is 5.82 Å². The lowest BCUT2D eigenvalue weighted by atomic mass is 10.1. The van der Waals surface area contributed by atoms with Crippen LogP contribution in [0.5, 0.6) is 0 Å². The van der Waals surface area contributed by atoms with Crippen molar-refractivity contribution in [2.45, 2.75) is 6.54 Å². The molecule has 3 aromatic carbocycles. The summed E-state index contributed by atoms with van der Waals surface area (Å²) >= 11 is 12.2. The third-order valence-electron chi connectivity index (χ3n) is 5.14. The number of nitrogens with zero attached hydrogens (tertiary/aromatic N) is 4. The molecule has 0 spiro atoms. The lowest BCUT2D eigenvalue weighted by Crippen LogP contribution is -2.05. The second-order valence-corrected chi connectivity index (χ2v) is 8.12. The SMILES string of the molecule is Nc1c2c(-c3ccccc3F)nc(NCc3ccccc3)nc2nn1-c1ccc(Cl)c(Cl)c1. The molecule has 2 heterocycles. The van der Waals surface area contributed by atoms with Crippen LogP contribution in [0.3, 0.4) is 0 Å². The van der Waals surface area contributed by atoms with Crippen LogP contribution < -0.4 is 11.1 Å². The number of benzene rings is 3. The van der Waals surface area contributed by atoms with Crippen LogP contribution in [0.15, 0.2) is 72.8 Å². The van der Waals surface area contributed by atoms with E-state index in [2.05, 4.69) is 20.4 Å². The van der Waals surface area contributed by atoms with Gasteiger partial charge < -0.3 is 11.1 Å². The van der Waals surface area contributed by atoms with Crippen LogP contribution in [0.1, 0.15) is 5.56 Å². The van der Waals surface area contributed by atoms with Gasteiger partial charge in [-0.15, -0.1) is 5.10 Å². The smallest absolute Gasteiger partial charge is 0.225 e. The molecule has 33 heavy (non-hydrogen) atoms. The monoisotopic (exact) mass is 478 g/mol. The van der Waals surface area contributed by atoms with E-state index in [-0.39, 0.29) is 5.82 Å². The third kappa shape index (κ3) is 4.08. The number of nitrogens with two attached hydrogens (primary N) is 1. The van der Waals surface area contributed by atoms with E-state index in [0.717, 1.165) is 5.56 Å². The molecule has 5 rings (SSSR count). The molecular weight excluding hydrogens is 462 g/mol. The van der Waals surface area contributed by atoms with Gasteiger partial charge in [-0.05, 0) is 35.9 Å². The molecule has 0 fully saturated rings. The largest absolute Gasteiger partial charge is 0.383 e. The minimum Gasteiger partial charge on any atom is -0.383 e. The van der Waals surface area contributed by atoms with Crippen LogP contribution in [-0.2, 0) is 6.54 Å². The summed E-state index contributed by atoms with van der Waals surface area (Å²) in [4.78, 5) is 9.14. The van der Waals surface area contributed by atoms with E-state index in [0.29, 0.717) is 50.5 Å². The van der Waals surface area contributed by atoms with Gasteiger partial charge in [0.2, 0.25) is 5.95 Å². The maximum Gasteiger partial charge on any atom is 0.225 e. The molecular formula is C24H17Cl2FN6. The highest BCUT2D eigenvalue weighted by molar-refractivity contribution is 6.42. The highest BCUT2D eigenvalue weighted by Gasteiger charge is 2.21. The molecule has 164 valence electrons. The topological polar surface area (TPSA) is 81.7 Å². The average molecular weight is 479 g/mol. The Morgan fingerprint density at radius 2 is 1.67 bits per heavy atom. The zero-order valence-corrected chi connectivity index (χ0v) is 18.6. The second kappa shape index (κ2) is 8.69. The van der Waals surface area contributed by atoms with Gasteiger partial charge in [-0.2, -0.15) is 4.98 Å². The van der Waals surface area contributed by atoms with Crippen LogP contribution in [0.25, 0.3) is 28.0 Å². The number of hydrogen-bond donors (Lipinski definition) is 2. The zero-order valence-electron chi connectivity index (χ0n) is 17.1. The lowest BCUT2D eigenvalue weighted by molar-refractivity contribution is 0.631. The molecule has 0 bridgehead atoms. The molecule has 0 radical (unpaired) electrons. The average Bonchev–Trinajstić information content (AvgIpc) is 3.16. The van der Waals surface area contributed by atoms with Gasteiger partial charge >= 0.3 is 0 Å². The summed E-state index contributed by atoms with van der Waals surface area (Å²) in [6, 6.07) is 21.2.